The monoisotopic (exact) mass is 293 g/mol. The van der Waals surface area contributed by atoms with E-state index in [0.29, 0.717) is 28.6 Å². The van der Waals surface area contributed by atoms with Gasteiger partial charge in [-0.15, -0.1) is 0 Å². The van der Waals surface area contributed by atoms with Crippen molar-refractivity contribution in [1.29, 1.82) is 5.26 Å². The van der Waals surface area contributed by atoms with E-state index < -0.39 is 0 Å². The number of amides is 1. The Balaban J connectivity index is 1.86. The number of aromatic nitrogens is 2. The summed E-state index contributed by atoms with van der Waals surface area (Å²) in [7, 11) is 0. The molecule has 1 aliphatic carbocycles. The number of benzene rings is 1. The van der Waals surface area contributed by atoms with Crippen molar-refractivity contribution in [3.63, 3.8) is 0 Å². The smallest absolute Gasteiger partial charge is 0.257 e. The lowest BCUT2D eigenvalue weighted by molar-refractivity contribution is 0.102. The zero-order chi connectivity index (χ0) is 15.5. The van der Waals surface area contributed by atoms with Gasteiger partial charge in [-0.3, -0.25) is 4.79 Å². The predicted octanol–water partition coefficient (Wildman–Crippen LogP) is 2.48. The number of nitriles is 1. The molecule has 6 heteroatoms. The molecule has 0 radical (unpaired) electrons. The van der Waals surface area contributed by atoms with Gasteiger partial charge in [0.2, 0.25) is 0 Å². The third-order valence-corrected chi connectivity index (χ3v) is 3.37. The first-order valence-corrected chi connectivity index (χ1v) is 7.07. The largest absolute Gasteiger partial charge is 0.381 e. The van der Waals surface area contributed by atoms with Crippen molar-refractivity contribution in [3.8, 4) is 6.07 Å². The average molecular weight is 293 g/mol. The van der Waals surface area contributed by atoms with Gasteiger partial charge in [-0.2, -0.15) is 15.5 Å². The van der Waals surface area contributed by atoms with E-state index in [4.69, 9.17) is 5.26 Å². The molecule has 0 bridgehead atoms. The van der Waals surface area contributed by atoms with Crippen LogP contribution >= 0.6 is 0 Å². The van der Waals surface area contributed by atoms with Crippen molar-refractivity contribution >= 4 is 17.3 Å². The van der Waals surface area contributed by atoms with E-state index in [-0.39, 0.29) is 5.91 Å². The molecule has 6 nitrogen and oxygen atoms in total. The summed E-state index contributed by atoms with van der Waals surface area (Å²) < 4.78 is 0. The Bertz CT molecular complexity index is 761. The Kier molecular flexibility index (Phi) is 3.71. The van der Waals surface area contributed by atoms with Crippen molar-refractivity contribution in [3.05, 3.63) is 47.3 Å². The first kappa shape index (κ1) is 14.0. The number of hydrogen-bond acceptors (Lipinski definition) is 5. The van der Waals surface area contributed by atoms with Gasteiger partial charge in [0.25, 0.3) is 5.91 Å². The van der Waals surface area contributed by atoms with Crippen molar-refractivity contribution in [2.45, 2.75) is 25.8 Å². The summed E-state index contributed by atoms with van der Waals surface area (Å²) in [4.78, 5) is 12.3. The number of hydrogen-bond donors (Lipinski definition) is 2. The summed E-state index contributed by atoms with van der Waals surface area (Å²) in [6.07, 6.45) is 3.67. The maximum Gasteiger partial charge on any atom is 0.257 e. The normalized spacial score (nSPS) is 13.3. The first-order chi connectivity index (χ1) is 10.7. The lowest BCUT2D eigenvalue weighted by atomic mass is 10.1. The highest BCUT2D eigenvalue weighted by Crippen LogP contribution is 2.30. The molecule has 0 spiro atoms. The molecule has 2 aromatic rings. The Morgan fingerprint density at radius 2 is 2.14 bits per heavy atom. The third-order valence-electron chi connectivity index (χ3n) is 3.37. The maximum absolute atomic E-state index is 12.3. The summed E-state index contributed by atoms with van der Waals surface area (Å²) >= 11 is 0. The van der Waals surface area contributed by atoms with Crippen molar-refractivity contribution in [2.24, 2.45) is 0 Å². The van der Waals surface area contributed by atoms with Crippen molar-refractivity contribution in [2.75, 3.05) is 10.6 Å². The van der Waals surface area contributed by atoms with E-state index in [9.17, 15) is 4.79 Å². The molecule has 3 rings (SSSR count). The topological polar surface area (TPSA) is 90.7 Å². The van der Waals surface area contributed by atoms with Gasteiger partial charge in [0.05, 0.1) is 40.5 Å². The van der Waals surface area contributed by atoms with Crippen LogP contribution in [-0.4, -0.2) is 22.1 Å². The van der Waals surface area contributed by atoms with E-state index in [1.165, 1.54) is 6.20 Å². The average Bonchev–Trinajstić information content (AvgIpc) is 3.33. The van der Waals surface area contributed by atoms with Crippen LogP contribution in [0.3, 0.4) is 0 Å². The third kappa shape index (κ3) is 3.20. The Morgan fingerprint density at radius 1 is 1.32 bits per heavy atom. The number of rotatable bonds is 4. The van der Waals surface area contributed by atoms with Crippen molar-refractivity contribution < 1.29 is 4.79 Å². The fourth-order valence-corrected chi connectivity index (χ4v) is 2.08. The SMILES string of the molecule is Cc1cc(C(=O)Nc2cc(C#N)ccc2NC2CC2)cnn1. The number of carbonyl (C=O) groups excluding carboxylic acids is 1. The summed E-state index contributed by atoms with van der Waals surface area (Å²) in [5.74, 6) is -0.271. The van der Waals surface area contributed by atoms with Crippen LogP contribution in [0.5, 0.6) is 0 Å². The zero-order valence-electron chi connectivity index (χ0n) is 12.1. The van der Waals surface area contributed by atoms with Gasteiger partial charge in [-0.25, -0.2) is 0 Å². The van der Waals surface area contributed by atoms with Crippen LogP contribution in [0.4, 0.5) is 11.4 Å². The zero-order valence-corrected chi connectivity index (χ0v) is 12.1. The van der Waals surface area contributed by atoms with Crippen LogP contribution in [-0.2, 0) is 0 Å². The second-order valence-electron chi connectivity index (χ2n) is 5.33. The minimum absolute atomic E-state index is 0.271. The minimum atomic E-state index is -0.271. The van der Waals surface area contributed by atoms with Crippen LogP contribution in [0.25, 0.3) is 0 Å². The van der Waals surface area contributed by atoms with E-state index in [0.717, 1.165) is 18.5 Å². The fourth-order valence-electron chi connectivity index (χ4n) is 2.08. The molecule has 22 heavy (non-hydrogen) atoms. The second-order valence-corrected chi connectivity index (χ2v) is 5.33. The molecule has 1 saturated carbocycles. The molecule has 2 N–H and O–H groups in total. The maximum atomic E-state index is 12.3. The van der Waals surface area contributed by atoms with Gasteiger partial charge < -0.3 is 10.6 Å². The quantitative estimate of drug-likeness (QED) is 0.903. The molecule has 1 aromatic carbocycles. The fraction of sp³-hybridized carbons (Fsp3) is 0.250. The molecule has 1 fully saturated rings. The Morgan fingerprint density at radius 3 is 2.82 bits per heavy atom. The van der Waals surface area contributed by atoms with Gasteiger partial charge in [0.15, 0.2) is 0 Å². The van der Waals surface area contributed by atoms with E-state index in [1.807, 2.05) is 6.07 Å². The highest BCUT2D eigenvalue weighted by Gasteiger charge is 2.22. The lowest BCUT2D eigenvalue weighted by Crippen LogP contribution is -2.15. The number of carbonyl (C=O) groups is 1. The van der Waals surface area contributed by atoms with Gasteiger partial charge in [-0.05, 0) is 44.0 Å². The Hall–Kier alpha value is -2.94. The highest BCUT2D eigenvalue weighted by molar-refractivity contribution is 6.05. The highest BCUT2D eigenvalue weighted by atomic mass is 16.1. The van der Waals surface area contributed by atoms with Crippen LogP contribution < -0.4 is 10.6 Å². The van der Waals surface area contributed by atoms with Gasteiger partial charge in [0, 0.05) is 6.04 Å². The molecule has 1 aromatic heterocycles. The van der Waals surface area contributed by atoms with Crippen LogP contribution in [0.1, 0.15) is 34.5 Å². The molecule has 0 aliphatic heterocycles. The van der Waals surface area contributed by atoms with Gasteiger partial charge in [-0.1, -0.05) is 0 Å². The molecule has 1 aliphatic rings. The van der Waals surface area contributed by atoms with Crippen LogP contribution in [0, 0.1) is 18.3 Å². The minimum Gasteiger partial charge on any atom is -0.381 e. The van der Waals surface area contributed by atoms with Gasteiger partial charge in [0.1, 0.15) is 0 Å². The van der Waals surface area contributed by atoms with E-state index in [1.54, 1.807) is 25.1 Å². The number of nitrogens with zero attached hydrogens (tertiary/aromatic N) is 3. The first-order valence-electron chi connectivity index (χ1n) is 7.07. The number of anilines is 2. The lowest BCUT2D eigenvalue weighted by Gasteiger charge is -2.13. The molecule has 0 unspecified atom stereocenters. The molecule has 0 atom stereocenters. The van der Waals surface area contributed by atoms with E-state index >= 15 is 0 Å². The van der Waals surface area contributed by atoms with Gasteiger partial charge >= 0.3 is 0 Å². The van der Waals surface area contributed by atoms with Crippen LogP contribution in [0.2, 0.25) is 0 Å². The molecular weight excluding hydrogens is 278 g/mol. The summed E-state index contributed by atoms with van der Waals surface area (Å²) in [5.41, 5.74) is 3.04. The standard InChI is InChI=1S/C16H15N5O/c1-10-6-12(9-18-21-10)16(22)20-15-7-11(8-17)2-5-14(15)19-13-3-4-13/h2,5-7,9,13,19H,3-4H2,1H3,(H,20,22). The summed E-state index contributed by atoms with van der Waals surface area (Å²) in [6.45, 7) is 1.78. The molecule has 110 valence electrons. The summed E-state index contributed by atoms with van der Waals surface area (Å²) in [5, 5.41) is 22.8. The summed E-state index contributed by atoms with van der Waals surface area (Å²) in [6, 6.07) is 9.43. The van der Waals surface area contributed by atoms with E-state index in [2.05, 4.69) is 26.9 Å². The molecular formula is C16H15N5O. The number of nitrogens with one attached hydrogen (secondary N) is 2. The molecule has 1 amide bonds. The Labute approximate surface area is 128 Å². The predicted molar refractivity (Wildman–Crippen MR) is 82.5 cm³/mol. The molecule has 0 saturated heterocycles. The van der Waals surface area contributed by atoms with Crippen LogP contribution in [0.15, 0.2) is 30.5 Å². The van der Waals surface area contributed by atoms with Crippen molar-refractivity contribution in [1.82, 2.24) is 10.2 Å². The second kappa shape index (κ2) is 5.82. The molecule has 1 heterocycles. The number of aryl methyl sites for hydroxylation is 1.